The van der Waals surface area contributed by atoms with E-state index in [1.807, 2.05) is 24.4 Å². The SMILES string of the molecule is O=C([O-])CCCCCCCSc1ncc(-c2ccccc2)[nH]1.[Na+]. The summed E-state index contributed by atoms with van der Waals surface area (Å²) in [6, 6.07) is 10.2. The van der Waals surface area contributed by atoms with E-state index in [0.717, 1.165) is 54.3 Å². The molecule has 2 rings (SSSR count). The number of carboxylic acid groups (broad SMARTS) is 1. The number of unbranched alkanes of at least 4 members (excludes halogenated alkanes) is 4. The molecule has 0 saturated heterocycles. The number of nitrogens with zero attached hydrogens (tertiary/aromatic N) is 1. The molecule has 118 valence electrons. The van der Waals surface area contributed by atoms with Crippen LogP contribution < -0.4 is 34.7 Å². The summed E-state index contributed by atoms with van der Waals surface area (Å²) in [5, 5.41) is 11.2. The maximum Gasteiger partial charge on any atom is 1.00 e. The van der Waals surface area contributed by atoms with Gasteiger partial charge in [-0.05, 0) is 24.8 Å². The van der Waals surface area contributed by atoms with Gasteiger partial charge in [0.1, 0.15) is 0 Å². The maximum absolute atomic E-state index is 10.3. The summed E-state index contributed by atoms with van der Waals surface area (Å²) in [5.74, 6) is 0.0879. The molecule has 0 amide bonds. The van der Waals surface area contributed by atoms with E-state index in [2.05, 4.69) is 22.1 Å². The number of hydrogen-bond donors (Lipinski definition) is 1. The van der Waals surface area contributed by atoms with Gasteiger partial charge in [-0.1, -0.05) is 61.4 Å². The topological polar surface area (TPSA) is 68.8 Å². The normalized spacial score (nSPS) is 10.3. The number of carbonyl (C=O) groups excluding carboxylic acids is 1. The molecule has 0 spiro atoms. The van der Waals surface area contributed by atoms with Crippen molar-refractivity contribution in [2.45, 2.75) is 43.7 Å². The average molecular weight is 340 g/mol. The van der Waals surface area contributed by atoms with Crippen LogP contribution in [-0.2, 0) is 4.79 Å². The Morgan fingerprint density at radius 3 is 2.52 bits per heavy atom. The molecule has 2 aromatic rings. The molecule has 0 aliphatic heterocycles. The summed E-state index contributed by atoms with van der Waals surface area (Å²) >= 11 is 1.73. The fourth-order valence-corrected chi connectivity index (χ4v) is 3.06. The van der Waals surface area contributed by atoms with Gasteiger partial charge < -0.3 is 14.9 Å². The predicted molar refractivity (Wildman–Crippen MR) is 87.5 cm³/mol. The number of aliphatic carboxylic acids is 1. The van der Waals surface area contributed by atoms with E-state index in [4.69, 9.17) is 0 Å². The molecule has 0 aliphatic carbocycles. The molecule has 1 aromatic heterocycles. The standard InChI is InChI=1S/C17H22N2O2S.Na/c20-16(21)11-7-2-1-3-8-12-22-17-18-13-15(19-17)14-9-5-4-6-10-14;/h4-6,9-10,13H,1-3,7-8,11-12H2,(H,18,19)(H,20,21);/q;+1/p-1. The van der Waals surface area contributed by atoms with Gasteiger partial charge in [-0.3, -0.25) is 0 Å². The van der Waals surface area contributed by atoms with Crippen LogP contribution in [0.15, 0.2) is 41.7 Å². The Balaban J connectivity index is 0.00000264. The number of carbonyl (C=O) groups is 1. The minimum atomic E-state index is -0.942. The third kappa shape index (κ3) is 8.06. The van der Waals surface area contributed by atoms with Crippen LogP contribution in [0.25, 0.3) is 11.3 Å². The zero-order valence-electron chi connectivity index (χ0n) is 13.6. The van der Waals surface area contributed by atoms with Gasteiger partial charge in [-0.2, -0.15) is 0 Å². The fraction of sp³-hybridized carbons (Fsp3) is 0.412. The van der Waals surface area contributed by atoms with Crippen molar-refractivity contribution in [2.75, 3.05) is 5.75 Å². The fourth-order valence-electron chi connectivity index (χ4n) is 2.21. The largest absolute Gasteiger partial charge is 1.00 e. The summed E-state index contributed by atoms with van der Waals surface area (Å²) in [4.78, 5) is 18.0. The molecule has 0 atom stereocenters. The monoisotopic (exact) mass is 340 g/mol. The number of H-pyrrole nitrogens is 1. The Morgan fingerprint density at radius 1 is 1.09 bits per heavy atom. The molecular weight excluding hydrogens is 319 g/mol. The zero-order chi connectivity index (χ0) is 15.6. The van der Waals surface area contributed by atoms with E-state index >= 15 is 0 Å². The van der Waals surface area contributed by atoms with Gasteiger partial charge in [-0.15, -0.1) is 0 Å². The average Bonchev–Trinajstić information content (AvgIpc) is 2.99. The molecule has 0 saturated carbocycles. The first-order valence-electron chi connectivity index (χ1n) is 7.69. The maximum atomic E-state index is 10.3. The molecule has 1 heterocycles. The van der Waals surface area contributed by atoms with Crippen molar-refractivity contribution in [2.24, 2.45) is 0 Å². The number of thioether (sulfide) groups is 1. The van der Waals surface area contributed by atoms with Gasteiger partial charge >= 0.3 is 29.6 Å². The van der Waals surface area contributed by atoms with Crippen molar-refractivity contribution in [3.8, 4) is 11.3 Å². The van der Waals surface area contributed by atoms with Crippen LogP contribution in [0.1, 0.15) is 38.5 Å². The zero-order valence-corrected chi connectivity index (χ0v) is 16.4. The third-order valence-corrected chi connectivity index (χ3v) is 4.38. The van der Waals surface area contributed by atoms with E-state index in [1.54, 1.807) is 11.8 Å². The number of rotatable bonds is 10. The van der Waals surface area contributed by atoms with Crippen LogP contribution in [0, 0.1) is 0 Å². The van der Waals surface area contributed by atoms with Crippen molar-refractivity contribution < 1.29 is 39.5 Å². The minimum absolute atomic E-state index is 0. The first-order valence-corrected chi connectivity index (χ1v) is 8.67. The number of imidazole rings is 1. The molecule has 1 N–H and O–H groups in total. The minimum Gasteiger partial charge on any atom is -0.550 e. The Hall–Kier alpha value is -0.750. The summed E-state index contributed by atoms with van der Waals surface area (Å²) in [6.45, 7) is 0. The number of nitrogens with one attached hydrogen (secondary N) is 1. The Kier molecular flexibility index (Phi) is 10.4. The summed E-state index contributed by atoms with van der Waals surface area (Å²) in [6.07, 6.45) is 7.09. The molecule has 0 bridgehead atoms. The van der Waals surface area contributed by atoms with Crippen LogP contribution in [0.3, 0.4) is 0 Å². The molecular formula is C17H21N2NaO2S. The van der Waals surface area contributed by atoms with Gasteiger partial charge in [-0.25, -0.2) is 4.98 Å². The van der Waals surface area contributed by atoms with E-state index in [0.29, 0.717) is 0 Å². The van der Waals surface area contributed by atoms with Crippen molar-refractivity contribution >= 4 is 17.7 Å². The van der Waals surface area contributed by atoms with Crippen molar-refractivity contribution in [1.82, 2.24) is 9.97 Å². The van der Waals surface area contributed by atoms with Crippen LogP contribution in [0.2, 0.25) is 0 Å². The van der Waals surface area contributed by atoms with Gasteiger partial charge in [0, 0.05) is 11.7 Å². The second-order valence-electron chi connectivity index (χ2n) is 5.21. The second-order valence-corrected chi connectivity index (χ2v) is 6.29. The van der Waals surface area contributed by atoms with Crippen LogP contribution >= 0.6 is 11.8 Å². The summed E-state index contributed by atoms with van der Waals surface area (Å²) in [5.41, 5.74) is 2.19. The Bertz CT molecular complexity index is 575. The van der Waals surface area contributed by atoms with Crippen LogP contribution in [0.5, 0.6) is 0 Å². The molecule has 4 nitrogen and oxygen atoms in total. The predicted octanol–water partition coefficient (Wildman–Crippen LogP) is 0.263. The van der Waals surface area contributed by atoms with Gasteiger partial charge in [0.25, 0.3) is 0 Å². The van der Waals surface area contributed by atoms with Gasteiger partial charge in [0.2, 0.25) is 0 Å². The van der Waals surface area contributed by atoms with Crippen molar-refractivity contribution in [3.05, 3.63) is 36.5 Å². The first-order chi connectivity index (χ1) is 10.8. The van der Waals surface area contributed by atoms with E-state index in [1.165, 1.54) is 0 Å². The molecule has 0 unspecified atom stereocenters. The van der Waals surface area contributed by atoms with Crippen LogP contribution in [-0.4, -0.2) is 21.7 Å². The van der Waals surface area contributed by atoms with Gasteiger partial charge in [0.15, 0.2) is 5.16 Å². The summed E-state index contributed by atoms with van der Waals surface area (Å²) in [7, 11) is 0. The molecule has 6 heteroatoms. The van der Waals surface area contributed by atoms with Gasteiger partial charge in [0.05, 0.1) is 11.9 Å². The number of aromatic nitrogens is 2. The number of carboxylic acids is 1. The molecule has 0 radical (unpaired) electrons. The smallest absolute Gasteiger partial charge is 0.550 e. The van der Waals surface area contributed by atoms with Crippen molar-refractivity contribution in [3.63, 3.8) is 0 Å². The molecule has 0 aliphatic rings. The number of hydrogen-bond acceptors (Lipinski definition) is 4. The number of benzene rings is 1. The Morgan fingerprint density at radius 2 is 1.78 bits per heavy atom. The molecule has 1 aromatic carbocycles. The summed E-state index contributed by atoms with van der Waals surface area (Å²) < 4.78 is 0. The van der Waals surface area contributed by atoms with Crippen molar-refractivity contribution in [1.29, 1.82) is 0 Å². The van der Waals surface area contributed by atoms with Crippen LogP contribution in [0.4, 0.5) is 0 Å². The molecule has 23 heavy (non-hydrogen) atoms. The first kappa shape index (κ1) is 20.3. The second kappa shape index (κ2) is 11.7. The van der Waals surface area contributed by atoms with E-state index in [9.17, 15) is 9.90 Å². The quantitative estimate of drug-likeness (QED) is 0.383. The third-order valence-electron chi connectivity index (χ3n) is 3.40. The van der Waals surface area contributed by atoms with E-state index < -0.39 is 5.97 Å². The van der Waals surface area contributed by atoms with E-state index in [-0.39, 0.29) is 36.0 Å². The Labute approximate surface area is 163 Å². The molecule has 0 fully saturated rings. The number of aromatic amines is 1.